The molecule has 0 spiro atoms. The summed E-state index contributed by atoms with van der Waals surface area (Å²) in [6, 6.07) is 2.25. The number of hydrogen-bond acceptors (Lipinski definition) is 4. The van der Waals surface area contributed by atoms with E-state index in [1.807, 2.05) is 33.0 Å². The van der Waals surface area contributed by atoms with E-state index in [1.54, 1.807) is 6.20 Å². The van der Waals surface area contributed by atoms with Gasteiger partial charge in [0.15, 0.2) is 0 Å². The fraction of sp³-hybridized carbons (Fsp3) is 0.526. The Labute approximate surface area is 152 Å². The first kappa shape index (κ1) is 17.0. The normalized spacial score (nSPS) is 18.5. The summed E-state index contributed by atoms with van der Waals surface area (Å²) in [5.41, 5.74) is 2.33. The number of carbonyl (C=O) groups excluding carboxylic acids is 1. The molecule has 0 bridgehead atoms. The van der Waals surface area contributed by atoms with Gasteiger partial charge in [-0.05, 0) is 18.9 Å². The van der Waals surface area contributed by atoms with E-state index in [9.17, 15) is 4.79 Å². The number of aromatic nitrogens is 4. The van der Waals surface area contributed by atoms with Crippen molar-refractivity contribution in [2.75, 3.05) is 13.2 Å². The summed E-state index contributed by atoms with van der Waals surface area (Å²) in [5.74, 6) is 0.865. The van der Waals surface area contributed by atoms with Crippen molar-refractivity contribution in [3.63, 3.8) is 0 Å². The van der Waals surface area contributed by atoms with Gasteiger partial charge in [0.25, 0.3) is 0 Å². The van der Waals surface area contributed by atoms with Crippen molar-refractivity contribution in [1.29, 1.82) is 0 Å². The Bertz CT molecular complexity index is 944. The van der Waals surface area contributed by atoms with Crippen LogP contribution in [0.1, 0.15) is 45.5 Å². The summed E-state index contributed by atoms with van der Waals surface area (Å²) in [4.78, 5) is 24.7. The zero-order chi connectivity index (χ0) is 18.3. The van der Waals surface area contributed by atoms with Gasteiger partial charge in [-0.1, -0.05) is 20.8 Å². The first-order chi connectivity index (χ1) is 12.4. The minimum atomic E-state index is -0.430. The van der Waals surface area contributed by atoms with E-state index in [2.05, 4.69) is 19.9 Å². The number of pyridine rings is 1. The maximum absolute atomic E-state index is 12.3. The zero-order valence-corrected chi connectivity index (χ0v) is 15.5. The van der Waals surface area contributed by atoms with Gasteiger partial charge in [-0.15, -0.1) is 0 Å². The van der Waals surface area contributed by atoms with Crippen molar-refractivity contribution < 1.29 is 9.53 Å². The Hall–Kier alpha value is -2.41. The number of hydrogen-bond donors (Lipinski definition) is 2. The number of rotatable bonds is 3. The van der Waals surface area contributed by atoms with Gasteiger partial charge in [0, 0.05) is 23.6 Å². The third kappa shape index (κ3) is 2.96. The summed E-state index contributed by atoms with van der Waals surface area (Å²) in [7, 11) is 0. The lowest BCUT2D eigenvalue weighted by atomic mass is 9.96. The van der Waals surface area contributed by atoms with E-state index in [1.165, 1.54) is 0 Å². The smallest absolute Gasteiger partial charge is 0.225 e. The Morgan fingerprint density at radius 3 is 3.04 bits per heavy atom. The van der Waals surface area contributed by atoms with Crippen molar-refractivity contribution in [2.45, 2.75) is 46.2 Å². The fourth-order valence-electron chi connectivity index (χ4n) is 3.51. The van der Waals surface area contributed by atoms with Crippen LogP contribution in [0.5, 0.6) is 0 Å². The molecule has 0 radical (unpaired) electrons. The van der Waals surface area contributed by atoms with Gasteiger partial charge in [-0.3, -0.25) is 4.79 Å². The van der Waals surface area contributed by atoms with Crippen LogP contribution in [0.15, 0.2) is 18.5 Å². The molecule has 1 fully saturated rings. The highest BCUT2D eigenvalue weighted by Crippen LogP contribution is 2.31. The topological polar surface area (TPSA) is 84.8 Å². The number of H-pyrrole nitrogens is 1. The number of carbonyl (C=O) groups is 1. The molecule has 26 heavy (non-hydrogen) atoms. The number of imidazole rings is 1. The largest absolute Gasteiger partial charge is 0.379 e. The van der Waals surface area contributed by atoms with Crippen LogP contribution in [0.3, 0.4) is 0 Å². The highest BCUT2D eigenvalue weighted by atomic mass is 16.5. The molecule has 138 valence electrons. The quantitative estimate of drug-likeness (QED) is 0.756. The molecule has 2 N–H and O–H groups in total. The molecule has 3 aromatic rings. The second kappa shape index (κ2) is 6.39. The summed E-state index contributed by atoms with van der Waals surface area (Å²) >= 11 is 0. The van der Waals surface area contributed by atoms with Crippen LogP contribution in [0.25, 0.3) is 22.1 Å². The van der Waals surface area contributed by atoms with Crippen LogP contribution < -0.4 is 5.32 Å². The van der Waals surface area contributed by atoms with E-state index >= 15 is 0 Å². The second-order valence-electron chi connectivity index (χ2n) is 7.93. The molecule has 4 rings (SSSR count). The number of aromatic amines is 1. The van der Waals surface area contributed by atoms with Gasteiger partial charge in [0.05, 0.1) is 30.9 Å². The zero-order valence-electron chi connectivity index (χ0n) is 15.5. The predicted octanol–water partition coefficient (Wildman–Crippen LogP) is 2.93. The van der Waals surface area contributed by atoms with Crippen molar-refractivity contribution in [3.8, 4) is 0 Å². The minimum absolute atomic E-state index is 0.0147. The summed E-state index contributed by atoms with van der Waals surface area (Å²) in [6.07, 6.45) is 5.76. The third-order valence-electron chi connectivity index (χ3n) is 4.90. The number of amides is 1. The summed E-state index contributed by atoms with van der Waals surface area (Å²) in [6.45, 7) is 7.60. The lowest BCUT2D eigenvalue weighted by Crippen LogP contribution is -2.35. The Morgan fingerprint density at radius 2 is 2.31 bits per heavy atom. The molecule has 0 saturated carbocycles. The molecule has 7 nitrogen and oxygen atoms in total. The van der Waals surface area contributed by atoms with Gasteiger partial charge >= 0.3 is 0 Å². The van der Waals surface area contributed by atoms with Crippen molar-refractivity contribution >= 4 is 28.0 Å². The molecule has 1 unspecified atom stereocenters. The average Bonchev–Trinajstić information content (AvgIpc) is 3.23. The number of ether oxygens (including phenoxy) is 1. The molecule has 1 aliphatic rings. The SMILES string of the molecule is CC(C)(C)C(=O)NCc1nc2cnc3[nH]ccc3c2n1C1CCCOC1. The molecule has 1 saturated heterocycles. The maximum Gasteiger partial charge on any atom is 0.225 e. The standard InChI is InChI=1S/C19H25N5O2/c1-19(2,3)18(25)22-10-15-23-14-9-21-17-13(6-7-20-17)16(14)24(15)12-5-4-8-26-11-12/h6-7,9,12H,4-5,8,10-11H2,1-3H3,(H,20,21)(H,22,25). The fourth-order valence-corrected chi connectivity index (χ4v) is 3.51. The molecule has 1 atom stereocenters. The molecule has 1 aliphatic heterocycles. The van der Waals surface area contributed by atoms with Crippen molar-refractivity contribution in [1.82, 2.24) is 24.8 Å². The van der Waals surface area contributed by atoms with Gasteiger partial charge in [-0.2, -0.15) is 0 Å². The molecule has 0 aliphatic carbocycles. The minimum Gasteiger partial charge on any atom is -0.379 e. The number of nitrogens with zero attached hydrogens (tertiary/aromatic N) is 3. The van der Waals surface area contributed by atoms with E-state index < -0.39 is 5.41 Å². The lowest BCUT2D eigenvalue weighted by Gasteiger charge is -2.26. The van der Waals surface area contributed by atoms with Crippen LogP contribution >= 0.6 is 0 Å². The van der Waals surface area contributed by atoms with E-state index in [0.717, 1.165) is 47.3 Å². The first-order valence-corrected chi connectivity index (χ1v) is 9.14. The average molecular weight is 355 g/mol. The highest BCUT2D eigenvalue weighted by Gasteiger charge is 2.25. The summed E-state index contributed by atoms with van der Waals surface area (Å²) < 4.78 is 7.97. The van der Waals surface area contributed by atoms with E-state index in [-0.39, 0.29) is 11.9 Å². The van der Waals surface area contributed by atoms with Crippen molar-refractivity contribution in [3.05, 3.63) is 24.3 Å². The maximum atomic E-state index is 12.3. The van der Waals surface area contributed by atoms with Crippen molar-refractivity contribution in [2.24, 2.45) is 5.41 Å². The molecular formula is C19H25N5O2. The molecule has 4 heterocycles. The van der Waals surface area contributed by atoms with Gasteiger partial charge < -0.3 is 19.6 Å². The molecule has 3 aromatic heterocycles. The van der Waals surface area contributed by atoms with Gasteiger partial charge in [0.2, 0.25) is 5.91 Å². The van der Waals surface area contributed by atoms with Crippen LogP contribution in [-0.4, -0.2) is 38.6 Å². The van der Waals surface area contributed by atoms with Gasteiger partial charge in [0.1, 0.15) is 17.0 Å². The number of fused-ring (bicyclic) bond motifs is 3. The van der Waals surface area contributed by atoms with Crippen LogP contribution in [0, 0.1) is 5.41 Å². The predicted molar refractivity (Wildman–Crippen MR) is 99.8 cm³/mol. The van der Waals surface area contributed by atoms with Crippen LogP contribution in [-0.2, 0) is 16.1 Å². The monoisotopic (exact) mass is 355 g/mol. The first-order valence-electron chi connectivity index (χ1n) is 9.14. The van der Waals surface area contributed by atoms with E-state index in [0.29, 0.717) is 13.2 Å². The lowest BCUT2D eigenvalue weighted by molar-refractivity contribution is -0.128. The molecule has 0 aromatic carbocycles. The Morgan fingerprint density at radius 1 is 1.46 bits per heavy atom. The van der Waals surface area contributed by atoms with Gasteiger partial charge in [-0.25, -0.2) is 9.97 Å². The Kier molecular flexibility index (Phi) is 4.19. The van der Waals surface area contributed by atoms with Crippen LogP contribution in [0.4, 0.5) is 0 Å². The second-order valence-corrected chi connectivity index (χ2v) is 7.93. The Balaban J connectivity index is 1.79. The molecule has 1 amide bonds. The molecular weight excluding hydrogens is 330 g/mol. The molecule has 7 heteroatoms. The highest BCUT2D eigenvalue weighted by molar-refractivity contribution is 6.01. The third-order valence-corrected chi connectivity index (χ3v) is 4.90. The van der Waals surface area contributed by atoms with E-state index in [4.69, 9.17) is 9.72 Å². The summed E-state index contributed by atoms with van der Waals surface area (Å²) in [5, 5.41) is 4.08. The van der Waals surface area contributed by atoms with Crippen LogP contribution in [0.2, 0.25) is 0 Å². The number of nitrogens with one attached hydrogen (secondary N) is 2.